The SMILES string of the molecule is C=CCc1ccccc1OCCOc1ccc(Br)cc1/C=C1\SC(=S)N(CC=C)C1=O. The molecule has 0 radical (unpaired) electrons. The number of para-hydroxylation sites is 1. The fourth-order valence-electron chi connectivity index (χ4n) is 2.96. The minimum absolute atomic E-state index is 0.122. The van der Waals surface area contributed by atoms with Crippen molar-refractivity contribution >= 4 is 56.2 Å². The average molecular weight is 516 g/mol. The first kappa shape index (κ1) is 23.3. The first-order valence-electron chi connectivity index (χ1n) is 9.63. The van der Waals surface area contributed by atoms with Crippen molar-refractivity contribution in [3.63, 3.8) is 0 Å². The molecule has 2 aromatic rings. The summed E-state index contributed by atoms with van der Waals surface area (Å²) in [6.07, 6.45) is 6.07. The predicted octanol–water partition coefficient (Wildman–Crippen LogP) is 6.02. The molecular weight excluding hydrogens is 494 g/mol. The molecule has 0 spiro atoms. The molecule has 1 fully saturated rings. The number of nitrogens with zero attached hydrogens (tertiary/aromatic N) is 1. The van der Waals surface area contributed by atoms with Crippen LogP contribution in [0.1, 0.15) is 11.1 Å². The molecule has 1 saturated heterocycles. The summed E-state index contributed by atoms with van der Waals surface area (Å²) in [6.45, 7) is 8.62. The maximum absolute atomic E-state index is 12.6. The van der Waals surface area contributed by atoms with E-state index in [2.05, 4.69) is 29.1 Å². The molecule has 0 saturated carbocycles. The number of hydrogen-bond acceptors (Lipinski definition) is 5. The Labute approximate surface area is 200 Å². The van der Waals surface area contributed by atoms with Crippen molar-refractivity contribution in [2.75, 3.05) is 19.8 Å². The Balaban J connectivity index is 1.68. The second-order valence-electron chi connectivity index (χ2n) is 6.56. The van der Waals surface area contributed by atoms with Gasteiger partial charge in [-0.2, -0.15) is 0 Å². The van der Waals surface area contributed by atoms with E-state index in [4.69, 9.17) is 21.7 Å². The summed E-state index contributed by atoms with van der Waals surface area (Å²) in [7, 11) is 0. The summed E-state index contributed by atoms with van der Waals surface area (Å²) in [5.74, 6) is 1.37. The van der Waals surface area contributed by atoms with E-state index < -0.39 is 0 Å². The van der Waals surface area contributed by atoms with Crippen LogP contribution in [0.15, 0.2) is 77.2 Å². The van der Waals surface area contributed by atoms with Crippen LogP contribution in [0.5, 0.6) is 11.5 Å². The van der Waals surface area contributed by atoms with Gasteiger partial charge in [0.25, 0.3) is 5.91 Å². The molecule has 1 heterocycles. The molecule has 1 aliphatic rings. The minimum atomic E-state index is -0.122. The Morgan fingerprint density at radius 1 is 1.06 bits per heavy atom. The van der Waals surface area contributed by atoms with Crippen LogP contribution in [0.25, 0.3) is 6.08 Å². The van der Waals surface area contributed by atoms with Crippen LogP contribution in [0, 0.1) is 0 Å². The van der Waals surface area contributed by atoms with Crippen LogP contribution in [0.2, 0.25) is 0 Å². The highest BCUT2D eigenvalue weighted by Gasteiger charge is 2.31. The Bertz CT molecular complexity index is 1040. The molecule has 2 aromatic carbocycles. The molecule has 160 valence electrons. The fourth-order valence-corrected chi connectivity index (χ4v) is 4.61. The van der Waals surface area contributed by atoms with Crippen molar-refractivity contribution in [3.05, 3.63) is 88.3 Å². The van der Waals surface area contributed by atoms with Crippen molar-refractivity contribution in [2.45, 2.75) is 6.42 Å². The fraction of sp³-hybridized carbons (Fsp3) is 0.167. The molecule has 31 heavy (non-hydrogen) atoms. The van der Waals surface area contributed by atoms with Crippen molar-refractivity contribution in [3.8, 4) is 11.5 Å². The Morgan fingerprint density at radius 3 is 2.55 bits per heavy atom. The molecule has 0 aliphatic carbocycles. The summed E-state index contributed by atoms with van der Waals surface area (Å²) >= 11 is 10.1. The molecule has 0 aromatic heterocycles. The van der Waals surface area contributed by atoms with Crippen molar-refractivity contribution < 1.29 is 14.3 Å². The van der Waals surface area contributed by atoms with Crippen LogP contribution in [-0.2, 0) is 11.2 Å². The van der Waals surface area contributed by atoms with E-state index >= 15 is 0 Å². The Morgan fingerprint density at radius 2 is 1.81 bits per heavy atom. The third-order valence-electron chi connectivity index (χ3n) is 4.38. The lowest BCUT2D eigenvalue weighted by molar-refractivity contribution is -0.121. The van der Waals surface area contributed by atoms with Gasteiger partial charge in [-0.25, -0.2) is 0 Å². The Hall–Kier alpha value is -2.35. The molecule has 0 N–H and O–H groups in total. The standard InChI is InChI=1S/C24H22BrNO3S2/c1-3-7-17-8-5-6-9-20(17)28-13-14-29-21-11-10-19(25)15-18(21)16-22-23(27)26(12-4-2)24(30)31-22/h3-6,8-11,15-16H,1-2,7,12-14H2/b22-16-. The number of carbonyl (C=O) groups is 1. The second kappa shape index (κ2) is 11.3. The summed E-state index contributed by atoms with van der Waals surface area (Å²) in [4.78, 5) is 14.7. The van der Waals surface area contributed by atoms with Crippen LogP contribution in [0.3, 0.4) is 0 Å². The van der Waals surface area contributed by atoms with Gasteiger partial charge in [-0.15, -0.1) is 13.2 Å². The van der Waals surface area contributed by atoms with E-state index in [1.807, 2.05) is 54.6 Å². The molecular formula is C24H22BrNO3S2. The summed E-state index contributed by atoms with van der Waals surface area (Å²) in [6, 6.07) is 13.6. The van der Waals surface area contributed by atoms with Gasteiger partial charge >= 0.3 is 0 Å². The number of carbonyl (C=O) groups excluding carboxylic acids is 1. The van der Waals surface area contributed by atoms with Crippen LogP contribution >= 0.6 is 39.9 Å². The van der Waals surface area contributed by atoms with Gasteiger partial charge in [0.05, 0.1) is 4.91 Å². The third-order valence-corrected chi connectivity index (χ3v) is 6.25. The summed E-state index contributed by atoms with van der Waals surface area (Å²) in [5.41, 5.74) is 1.88. The lowest BCUT2D eigenvalue weighted by Crippen LogP contribution is -2.27. The van der Waals surface area contributed by atoms with Crippen molar-refractivity contribution in [1.82, 2.24) is 4.90 Å². The zero-order valence-corrected chi connectivity index (χ0v) is 20.1. The van der Waals surface area contributed by atoms with Crippen LogP contribution in [-0.4, -0.2) is 34.9 Å². The number of halogens is 1. The summed E-state index contributed by atoms with van der Waals surface area (Å²) in [5, 5.41) is 0. The number of rotatable bonds is 10. The number of allylic oxidation sites excluding steroid dienone is 1. The average Bonchev–Trinajstić information content (AvgIpc) is 3.01. The highest BCUT2D eigenvalue weighted by Crippen LogP contribution is 2.35. The van der Waals surface area contributed by atoms with E-state index in [9.17, 15) is 4.79 Å². The van der Waals surface area contributed by atoms with Crippen LogP contribution in [0.4, 0.5) is 0 Å². The zero-order chi connectivity index (χ0) is 22.2. The van der Waals surface area contributed by atoms with Crippen molar-refractivity contribution in [1.29, 1.82) is 0 Å². The van der Waals surface area contributed by atoms with Gasteiger partial charge in [-0.05, 0) is 42.3 Å². The van der Waals surface area contributed by atoms with E-state index in [0.717, 1.165) is 27.8 Å². The smallest absolute Gasteiger partial charge is 0.266 e. The topological polar surface area (TPSA) is 38.8 Å². The van der Waals surface area contributed by atoms with Crippen LogP contribution < -0.4 is 9.47 Å². The number of benzene rings is 2. The second-order valence-corrected chi connectivity index (χ2v) is 9.15. The monoisotopic (exact) mass is 515 g/mol. The van der Waals surface area contributed by atoms with Crippen molar-refractivity contribution in [2.24, 2.45) is 0 Å². The highest BCUT2D eigenvalue weighted by molar-refractivity contribution is 9.10. The number of thioether (sulfide) groups is 1. The lowest BCUT2D eigenvalue weighted by atomic mass is 10.1. The maximum Gasteiger partial charge on any atom is 0.266 e. The predicted molar refractivity (Wildman–Crippen MR) is 136 cm³/mol. The molecule has 1 aliphatic heterocycles. The van der Waals surface area contributed by atoms with Gasteiger partial charge in [-0.3, -0.25) is 9.69 Å². The van der Waals surface area contributed by atoms with E-state index in [-0.39, 0.29) is 5.91 Å². The maximum atomic E-state index is 12.6. The number of amides is 1. The quantitative estimate of drug-likeness (QED) is 0.167. The molecule has 0 unspecified atom stereocenters. The molecule has 0 atom stereocenters. The lowest BCUT2D eigenvalue weighted by Gasteiger charge is -2.13. The first-order chi connectivity index (χ1) is 15.0. The molecule has 7 heteroatoms. The molecule has 0 bridgehead atoms. The summed E-state index contributed by atoms with van der Waals surface area (Å²) < 4.78 is 13.3. The number of hydrogen-bond donors (Lipinski definition) is 0. The largest absolute Gasteiger partial charge is 0.490 e. The van der Waals surface area contributed by atoms with Gasteiger partial charge < -0.3 is 9.47 Å². The third kappa shape index (κ3) is 6.09. The van der Waals surface area contributed by atoms with Gasteiger partial charge in [0.2, 0.25) is 0 Å². The normalized spacial score (nSPS) is 14.7. The van der Waals surface area contributed by atoms with Gasteiger partial charge in [0.15, 0.2) is 0 Å². The number of thiocarbonyl (C=S) groups is 1. The molecule has 3 rings (SSSR count). The molecule has 1 amide bonds. The molecule has 4 nitrogen and oxygen atoms in total. The van der Waals surface area contributed by atoms with E-state index in [0.29, 0.717) is 34.7 Å². The highest BCUT2D eigenvalue weighted by atomic mass is 79.9. The zero-order valence-electron chi connectivity index (χ0n) is 16.9. The van der Waals surface area contributed by atoms with Gasteiger partial charge in [0.1, 0.15) is 29.0 Å². The van der Waals surface area contributed by atoms with E-state index in [1.165, 1.54) is 16.7 Å². The Kier molecular flexibility index (Phi) is 8.51. The van der Waals surface area contributed by atoms with Gasteiger partial charge in [0, 0.05) is 16.6 Å². The van der Waals surface area contributed by atoms with E-state index in [1.54, 1.807) is 6.08 Å². The first-order valence-corrected chi connectivity index (χ1v) is 11.7. The number of ether oxygens (including phenoxy) is 2. The van der Waals surface area contributed by atoms with Gasteiger partial charge in [-0.1, -0.05) is 70.3 Å². The minimum Gasteiger partial charge on any atom is -0.490 e.